The van der Waals surface area contributed by atoms with Crippen LogP contribution in [0.4, 0.5) is 0 Å². The lowest BCUT2D eigenvalue weighted by Gasteiger charge is -2.17. The molecule has 0 atom stereocenters. The summed E-state index contributed by atoms with van der Waals surface area (Å²) in [6.45, 7) is 0.392. The molecule has 8 heteroatoms. The SMILES string of the molecule is CN(Cc1cccc(Cl)c1)C(=O)CCNS(=O)(=O)c1ccccc1Cl. The van der Waals surface area contributed by atoms with Gasteiger partial charge in [0.25, 0.3) is 0 Å². The maximum atomic E-state index is 12.2. The van der Waals surface area contributed by atoms with Crippen LogP contribution in [-0.4, -0.2) is 32.8 Å². The van der Waals surface area contributed by atoms with Crippen LogP contribution in [0.5, 0.6) is 0 Å². The largest absolute Gasteiger partial charge is 0.341 e. The van der Waals surface area contributed by atoms with E-state index in [0.29, 0.717) is 11.6 Å². The molecule has 2 rings (SSSR count). The zero-order valence-corrected chi connectivity index (χ0v) is 15.9. The second kappa shape index (κ2) is 8.67. The predicted octanol–water partition coefficient (Wildman–Crippen LogP) is 3.32. The quantitative estimate of drug-likeness (QED) is 0.774. The van der Waals surface area contributed by atoms with Gasteiger partial charge in [-0.25, -0.2) is 13.1 Å². The van der Waals surface area contributed by atoms with Crippen LogP contribution >= 0.6 is 23.2 Å². The average molecular weight is 401 g/mol. The third kappa shape index (κ3) is 5.71. The molecular weight excluding hydrogens is 383 g/mol. The van der Waals surface area contributed by atoms with Crippen molar-refractivity contribution < 1.29 is 13.2 Å². The van der Waals surface area contributed by atoms with Crippen molar-refractivity contribution in [2.45, 2.75) is 17.9 Å². The lowest BCUT2D eigenvalue weighted by atomic mass is 10.2. The molecule has 0 saturated heterocycles. The number of amides is 1. The first-order valence-corrected chi connectivity index (χ1v) is 9.76. The molecule has 0 saturated carbocycles. The van der Waals surface area contributed by atoms with Crippen LogP contribution in [0.2, 0.25) is 10.0 Å². The van der Waals surface area contributed by atoms with Crippen molar-refractivity contribution in [2.24, 2.45) is 0 Å². The van der Waals surface area contributed by atoms with Crippen molar-refractivity contribution in [1.82, 2.24) is 9.62 Å². The molecule has 0 spiro atoms. The van der Waals surface area contributed by atoms with Crippen LogP contribution in [0, 0.1) is 0 Å². The molecule has 0 aromatic heterocycles. The van der Waals surface area contributed by atoms with Gasteiger partial charge in [-0.1, -0.05) is 47.5 Å². The maximum absolute atomic E-state index is 12.2. The number of benzene rings is 2. The average Bonchev–Trinajstić information content (AvgIpc) is 2.54. The molecule has 0 radical (unpaired) electrons. The van der Waals surface area contributed by atoms with Gasteiger partial charge in [-0.3, -0.25) is 4.79 Å². The molecule has 0 unspecified atom stereocenters. The fourth-order valence-corrected chi connectivity index (χ4v) is 3.98. The van der Waals surface area contributed by atoms with E-state index < -0.39 is 10.0 Å². The Labute approximate surface area is 157 Å². The molecule has 134 valence electrons. The number of rotatable bonds is 7. The molecule has 0 aliphatic heterocycles. The predicted molar refractivity (Wildman–Crippen MR) is 99.2 cm³/mol. The van der Waals surface area contributed by atoms with E-state index in [4.69, 9.17) is 23.2 Å². The minimum atomic E-state index is -3.75. The Kier molecular flexibility index (Phi) is 6.84. The number of halogens is 2. The molecule has 0 aliphatic rings. The Bertz CT molecular complexity index is 856. The van der Waals surface area contributed by atoms with Gasteiger partial charge >= 0.3 is 0 Å². The van der Waals surface area contributed by atoms with E-state index in [9.17, 15) is 13.2 Å². The first-order valence-electron chi connectivity index (χ1n) is 7.52. The van der Waals surface area contributed by atoms with Gasteiger partial charge in [0.05, 0.1) is 5.02 Å². The summed E-state index contributed by atoms with van der Waals surface area (Å²) in [7, 11) is -2.09. The van der Waals surface area contributed by atoms with Crippen molar-refractivity contribution in [3.05, 3.63) is 64.1 Å². The van der Waals surface area contributed by atoms with Crippen LogP contribution in [0.3, 0.4) is 0 Å². The van der Waals surface area contributed by atoms with Gasteiger partial charge in [0, 0.05) is 31.6 Å². The lowest BCUT2D eigenvalue weighted by molar-refractivity contribution is -0.130. The third-order valence-corrected chi connectivity index (χ3v) is 5.69. The van der Waals surface area contributed by atoms with Gasteiger partial charge in [-0.2, -0.15) is 0 Å². The van der Waals surface area contributed by atoms with Crippen molar-refractivity contribution in [3.63, 3.8) is 0 Å². The van der Waals surface area contributed by atoms with Crippen LogP contribution in [0.1, 0.15) is 12.0 Å². The number of hydrogen-bond acceptors (Lipinski definition) is 3. The summed E-state index contributed by atoms with van der Waals surface area (Å²) in [5, 5.41) is 0.741. The minimum absolute atomic E-state index is 0.00334. The van der Waals surface area contributed by atoms with E-state index in [0.717, 1.165) is 5.56 Å². The van der Waals surface area contributed by atoms with Gasteiger partial charge in [0.2, 0.25) is 15.9 Å². The monoisotopic (exact) mass is 400 g/mol. The van der Waals surface area contributed by atoms with E-state index in [1.807, 2.05) is 12.1 Å². The summed E-state index contributed by atoms with van der Waals surface area (Å²) in [5.41, 5.74) is 0.903. The zero-order chi connectivity index (χ0) is 18.4. The van der Waals surface area contributed by atoms with Crippen LogP contribution in [-0.2, 0) is 21.4 Å². The van der Waals surface area contributed by atoms with Crippen molar-refractivity contribution in [1.29, 1.82) is 0 Å². The van der Waals surface area contributed by atoms with E-state index in [2.05, 4.69) is 4.72 Å². The minimum Gasteiger partial charge on any atom is -0.341 e. The number of nitrogens with zero attached hydrogens (tertiary/aromatic N) is 1. The van der Waals surface area contributed by atoms with E-state index in [1.165, 1.54) is 17.0 Å². The first kappa shape index (κ1) is 19.7. The Morgan fingerprint density at radius 2 is 1.84 bits per heavy atom. The van der Waals surface area contributed by atoms with Gasteiger partial charge < -0.3 is 4.90 Å². The normalized spacial score (nSPS) is 11.3. The summed E-state index contributed by atoms with van der Waals surface area (Å²) >= 11 is 11.8. The van der Waals surface area contributed by atoms with Gasteiger partial charge in [-0.05, 0) is 29.8 Å². The van der Waals surface area contributed by atoms with Gasteiger partial charge in [0.1, 0.15) is 4.90 Å². The van der Waals surface area contributed by atoms with Gasteiger partial charge in [0.15, 0.2) is 0 Å². The number of nitrogens with one attached hydrogen (secondary N) is 1. The Morgan fingerprint density at radius 3 is 2.52 bits per heavy atom. The molecule has 0 heterocycles. The number of sulfonamides is 1. The maximum Gasteiger partial charge on any atom is 0.242 e. The summed E-state index contributed by atoms with van der Waals surface area (Å²) in [6, 6.07) is 13.4. The molecule has 2 aromatic rings. The number of carbonyl (C=O) groups excluding carboxylic acids is 1. The molecular formula is C17H18Cl2N2O3S. The molecule has 25 heavy (non-hydrogen) atoms. The molecule has 1 amide bonds. The fraction of sp³-hybridized carbons (Fsp3) is 0.235. The number of hydrogen-bond donors (Lipinski definition) is 1. The molecule has 0 fully saturated rings. The highest BCUT2D eigenvalue weighted by Crippen LogP contribution is 2.20. The van der Waals surface area contributed by atoms with Gasteiger partial charge in [-0.15, -0.1) is 0 Å². The lowest BCUT2D eigenvalue weighted by Crippen LogP contribution is -2.32. The van der Waals surface area contributed by atoms with Crippen molar-refractivity contribution >= 4 is 39.1 Å². The molecule has 0 aliphatic carbocycles. The highest BCUT2D eigenvalue weighted by atomic mass is 35.5. The van der Waals surface area contributed by atoms with Crippen LogP contribution < -0.4 is 4.72 Å². The molecule has 5 nitrogen and oxygen atoms in total. The third-order valence-electron chi connectivity index (χ3n) is 3.49. The van der Waals surface area contributed by atoms with Crippen molar-refractivity contribution in [2.75, 3.05) is 13.6 Å². The molecule has 0 bridgehead atoms. The standard InChI is InChI=1S/C17H18Cl2N2O3S/c1-21(12-13-5-4-6-14(18)11-13)17(22)9-10-20-25(23,24)16-8-3-2-7-15(16)19/h2-8,11,20H,9-10,12H2,1H3. The second-order valence-corrected chi connectivity index (χ2v) is 8.04. The summed E-state index contributed by atoms with van der Waals surface area (Å²) < 4.78 is 26.8. The van der Waals surface area contributed by atoms with E-state index in [-0.39, 0.29) is 28.8 Å². The van der Waals surface area contributed by atoms with E-state index >= 15 is 0 Å². The van der Waals surface area contributed by atoms with Crippen LogP contribution in [0.15, 0.2) is 53.4 Å². The highest BCUT2D eigenvalue weighted by Gasteiger charge is 2.18. The first-order chi connectivity index (χ1) is 11.8. The zero-order valence-electron chi connectivity index (χ0n) is 13.6. The summed E-state index contributed by atoms with van der Waals surface area (Å²) in [5.74, 6) is -0.179. The number of carbonyl (C=O) groups is 1. The second-order valence-electron chi connectivity index (χ2n) is 5.46. The Hall–Kier alpha value is -1.60. The smallest absolute Gasteiger partial charge is 0.242 e. The summed E-state index contributed by atoms with van der Waals surface area (Å²) in [4.78, 5) is 13.7. The molecule has 1 N–H and O–H groups in total. The Balaban J connectivity index is 1.88. The van der Waals surface area contributed by atoms with E-state index in [1.54, 1.807) is 31.3 Å². The molecule has 2 aromatic carbocycles. The highest BCUT2D eigenvalue weighted by molar-refractivity contribution is 7.89. The van der Waals surface area contributed by atoms with Crippen LogP contribution in [0.25, 0.3) is 0 Å². The van der Waals surface area contributed by atoms with Crippen molar-refractivity contribution in [3.8, 4) is 0 Å². The topological polar surface area (TPSA) is 66.5 Å². The fourth-order valence-electron chi connectivity index (χ4n) is 2.22. The summed E-state index contributed by atoms with van der Waals surface area (Å²) in [6.07, 6.45) is 0.0424. The Morgan fingerprint density at radius 1 is 1.12 bits per heavy atom.